The Morgan fingerprint density at radius 2 is 1.87 bits per heavy atom. The van der Waals surface area contributed by atoms with Crippen LogP contribution in [0.2, 0.25) is 0 Å². The van der Waals surface area contributed by atoms with Crippen LogP contribution in [0.1, 0.15) is 33.1 Å². The zero-order valence-electron chi connectivity index (χ0n) is 17.4. The molecule has 0 amide bonds. The monoisotopic (exact) mass is 437 g/mol. The van der Waals surface area contributed by atoms with Crippen LogP contribution < -0.4 is 21.5 Å². The molecule has 1 saturated heterocycles. The Kier molecular flexibility index (Phi) is 6.21. The van der Waals surface area contributed by atoms with Gasteiger partial charge in [0.05, 0.1) is 23.9 Å². The van der Waals surface area contributed by atoms with E-state index in [1.165, 1.54) is 32.3 Å². The van der Waals surface area contributed by atoms with Gasteiger partial charge >= 0.3 is 0 Å². The Labute approximate surface area is 175 Å². The number of phenolic OH excluding ortho intramolecular Hbond substituents is 1. The number of para-hydroxylation sites is 1. The van der Waals surface area contributed by atoms with Crippen molar-refractivity contribution in [1.29, 1.82) is 0 Å². The highest BCUT2D eigenvalue weighted by Gasteiger charge is 2.32. The van der Waals surface area contributed by atoms with Crippen molar-refractivity contribution in [2.75, 3.05) is 24.7 Å². The van der Waals surface area contributed by atoms with Crippen molar-refractivity contribution in [3.63, 3.8) is 0 Å². The molecule has 0 bridgehead atoms. The van der Waals surface area contributed by atoms with E-state index in [-0.39, 0.29) is 40.2 Å². The third-order valence-corrected chi connectivity index (χ3v) is 7.26. The van der Waals surface area contributed by atoms with Crippen LogP contribution >= 0.6 is 0 Å². The predicted octanol–water partition coefficient (Wildman–Crippen LogP) is 1.74. The lowest BCUT2D eigenvalue weighted by Gasteiger charge is -2.26. The molecule has 0 spiro atoms. The maximum absolute atomic E-state index is 12.4. The zero-order valence-corrected chi connectivity index (χ0v) is 18.2. The Balaban J connectivity index is 1.89. The molecule has 1 aliphatic rings. The molecule has 2 aromatic rings. The molecule has 3 N–H and O–H groups in total. The molecule has 3 rings (SSSR count). The first-order valence-electron chi connectivity index (χ1n) is 9.84. The number of benzene rings is 1. The average molecular weight is 438 g/mol. The van der Waals surface area contributed by atoms with E-state index in [0.29, 0.717) is 6.42 Å². The van der Waals surface area contributed by atoms with Gasteiger partial charge in [-0.1, -0.05) is 13.0 Å². The first kappa shape index (κ1) is 22.3. The summed E-state index contributed by atoms with van der Waals surface area (Å²) in [5, 5.41) is 16.3. The van der Waals surface area contributed by atoms with Crippen molar-refractivity contribution in [3.05, 3.63) is 38.6 Å². The molecule has 1 heterocycles. The van der Waals surface area contributed by atoms with Gasteiger partial charge in [-0.15, -0.1) is 0 Å². The number of anilines is 3. The molecule has 2 aromatic carbocycles. The Morgan fingerprint density at radius 3 is 2.43 bits per heavy atom. The minimum absolute atomic E-state index is 0.000744. The molecule has 3 atom stereocenters. The molecule has 1 aliphatic heterocycles. The highest BCUT2D eigenvalue weighted by molar-refractivity contribution is 7.89. The number of sulfonamides is 1. The summed E-state index contributed by atoms with van der Waals surface area (Å²) < 4.78 is 31.6. The lowest BCUT2D eigenvalue weighted by atomic mass is 10.0. The number of ether oxygens (including phenoxy) is 1. The second-order valence-corrected chi connectivity index (χ2v) is 9.81. The fourth-order valence-corrected chi connectivity index (χ4v) is 4.58. The maximum Gasteiger partial charge on any atom is 0.253 e. The lowest BCUT2D eigenvalue weighted by Crippen LogP contribution is -2.42. The fourth-order valence-electron chi connectivity index (χ4n) is 3.58. The third kappa shape index (κ3) is 3.94. The van der Waals surface area contributed by atoms with Crippen LogP contribution in [0.3, 0.4) is 0 Å². The van der Waals surface area contributed by atoms with Gasteiger partial charge in [0.2, 0.25) is 10.0 Å². The molecule has 0 unspecified atom stereocenters. The second-order valence-electron chi connectivity index (χ2n) is 7.69. The van der Waals surface area contributed by atoms with E-state index >= 15 is 0 Å². The Hall–Kier alpha value is -2.43. The second kappa shape index (κ2) is 8.37. The standard InChI is InChI=1S/C20H27N3O6S/c1-5-12(14-10-9-11(2)29-14)21-16-17(20(26)19(16)25)22-13-7-6-8-15(18(13)24)30(27,28)23(3)4/h6-8,11-12,14,21-22,24H,5,9-10H2,1-4H3/t11-,12-,14-/m1/s1. The van der Waals surface area contributed by atoms with E-state index in [4.69, 9.17) is 4.74 Å². The van der Waals surface area contributed by atoms with Gasteiger partial charge in [0.25, 0.3) is 10.9 Å². The Morgan fingerprint density at radius 1 is 1.20 bits per heavy atom. The largest absolute Gasteiger partial charge is 0.504 e. The summed E-state index contributed by atoms with van der Waals surface area (Å²) in [6, 6.07) is 4.00. The summed E-state index contributed by atoms with van der Waals surface area (Å²) >= 11 is 0. The van der Waals surface area contributed by atoms with E-state index in [1.807, 2.05) is 13.8 Å². The highest BCUT2D eigenvalue weighted by atomic mass is 32.2. The number of nitrogens with zero attached hydrogens (tertiary/aromatic N) is 1. The summed E-state index contributed by atoms with van der Waals surface area (Å²) in [4.78, 5) is 24.0. The fraction of sp³-hybridized carbons (Fsp3) is 0.500. The van der Waals surface area contributed by atoms with Crippen molar-refractivity contribution in [2.24, 2.45) is 0 Å². The van der Waals surface area contributed by atoms with Gasteiger partial charge in [-0.05, 0) is 38.3 Å². The highest BCUT2D eigenvalue weighted by Crippen LogP contribution is 2.35. The summed E-state index contributed by atoms with van der Waals surface area (Å²) in [6.07, 6.45) is 2.56. The van der Waals surface area contributed by atoms with Gasteiger partial charge in [-0.25, -0.2) is 12.7 Å². The molecule has 0 aliphatic carbocycles. The molecular weight excluding hydrogens is 410 g/mol. The van der Waals surface area contributed by atoms with Crippen molar-refractivity contribution < 1.29 is 18.3 Å². The van der Waals surface area contributed by atoms with Crippen molar-refractivity contribution in [1.82, 2.24) is 4.31 Å². The van der Waals surface area contributed by atoms with Crippen LogP contribution in [0.25, 0.3) is 0 Å². The molecule has 0 saturated carbocycles. The van der Waals surface area contributed by atoms with Crippen molar-refractivity contribution >= 4 is 27.1 Å². The van der Waals surface area contributed by atoms with Gasteiger partial charge in [0.1, 0.15) is 16.3 Å². The van der Waals surface area contributed by atoms with Crippen LogP contribution in [0.4, 0.5) is 17.1 Å². The first-order chi connectivity index (χ1) is 14.1. The minimum Gasteiger partial charge on any atom is -0.504 e. The van der Waals surface area contributed by atoms with Crippen LogP contribution in [0.5, 0.6) is 5.75 Å². The molecule has 0 radical (unpaired) electrons. The molecule has 9 nitrogen and oxygen atoms in total. The molecule has 10 heteroatoms. The van der Waals surface area contributed by atoms with Gasteiger partial charge in [-0.2, -0.15) is 0 Å². The maximum atomic E-state index is 12.4. The third-order valence-electron chi connectivity index (χ3n) is 5.41. The van der Waals surface area contributed by atoms with Gasteiger partial charge in [0.15, 0.2) is 5.75 Å². The van der Waals surface area contributed by atoms with Crippen molar-refractivity contribution in [2.45, 2.75) is 56.3 Å². The topological polar surface area (TPSA) is 125 Å². The Bertz CT molecular complexity index is 1100. The summed E-state index contributed by atoms with van der Waals surface area (Å²) in [5.41, 5.74) is -1.24. The quantitative estimate of drug-likeness (QED) is 0.421. The number of phenols is 1. The average Bonchev–Trinajstić information content (AvgIpc) is 3.14. The first-order valence-corrected chi connectivity index (χ1v) is 11.3. The van der Waals surface area contributed by atoms with Crippen LogP contribution in [-0.2, 0) is 14.8 Å². The molecule has 0 aromatic heterocycles. The predicted molar refractivity (Wildman–Crippen MR) is 115 cm³/mol. The molecule has 1 fully saturated rings. The SMILES string of the molecule is CC[C@@H](Nc1c(Nc2cccc(S(=O)(=O)N(C)C)c2O)c(=O)c1=O)[C@H]1CC[C@@H](C)O1. The minimum atomic E-state index is -3.89. The molecule has 164 valence electrons. The summed E-state index contributed by atoms with van der Waals surface area (Å²) in [5.74, 6) is -0.523. The molecule has 30 heavy (non-hydrogen) atoms. The van der Waals surface area contributed by atoms with E-state index in [2.05, 4.69) is 10.6 Å². The number of hydrogen-bond donors (Lipinski definition) is 3. The number of hydrogen-bond acceptors (Lipinski definition) is 8. The number of rotatable bonds is 8. The smallest absolute Gasteiger partial charge is 0.253 e. The van der Waals surface area contributed by atoms with E-state index in [9.17, 15) is 23.1 Å². The normalized spacial score (nSPS) is 20.6. The van der Waals surface area contributed by atoms with Crippen LogP contribution in [0.15, 0.2) is 32.7 Å². The lowest BCUT2D eigenvalue weighted by molar-refractivity contribution is 0.0438. The van der Waals surface area contributed by atoms with Gasteiger partial charge < -0.3 is 20.5 Å². The van der Waals surface area contributed by atoms with E-state index in [0.717, 1.165) is 17.1 Å². The number of nitrogens with one attached hydrogen (secondary N) is 2. The van der Waals surface area contributed by atoms with E-state index < -0.39 is 26.6 Å². The zero-order chi connectivity index (χ0) is 22.2. The van der Waals surface area contributed by atoms with Gasteiger partial charge in [0, 0.05) is 14.1 Å². The summed E-state index contributed by atoms with van der Waals surface area (Å²) in [6.45, 7) is 3.96. The summed E-state index contributed by atoms with van der Waals surface area (Å²) in [7, 11) is -1.19. The van der Waals surface area contributed by atoms with Crippen LogP contribution in [-0.4, -0.2) is 50.2 Å². The molecular formula is C20H27N3O6S. The van der Waals surface area contributed by atoms with E-state index in [1.54, 1.807) is 0 Å². The van der Waals surface area contributed by atoms with Crippen LogP contribution in [0, 0.1) is 0 Å². The number of aromatic hydroxyl groups is 1. The van der Waals surface area contributed by atoms with Crippen molar-refractivity contribution in [3.8, 4) is 5.75 Å². The van der Waals surface area contributed by atoms with Gasteiger partial charge in [-0.3, -0.25) is 9.59 Å².